The molecule has 1 aliphatic rings. The minimum Gasteiger partial charge on any atom is -0.493 e. The summed E-state index contributed by atoms with van der Waals surface area (Å²) in [7, 11) is 0. The van der Waals surface area contributed by atoms with Gasteiger partial charge in [-0.25, -0.2) is 0 Å². The summed E-state index contributed by atoms with van der Waals surface area (Å²) in [5.41, 5.74) is 2.13. The molecule has 88 valence electrons. The van der Waals surface area contributed by atoms with Crippen molar-refractivity contribution in [2.45, 2.75) is 32.8 Å². The maximum atomic E-state index is 10.2. The lowest BCUT2D eigenvalue weighted by atomic mass is 9.97. The number of rotatable bonds is 3. The fourth-order valence-electron chi connectivity index (χ4n) is 2.12. The van der Waals surface area contributed by atoms with Gasteiger partial charge in [0.25, 0.3) is 0 Å². The van der Waals surface area contributed by atoms with Crippen molar-refractivity contribution in [3.63, 3.8) is 0 Å². The Labute approximate surface area is 105 Å². The summed E-state index contributed by atoms with van der Waals surface area (Å²) >= 11 is 3.48. The first kappa shape index (κ1) is 11.9. The summed E-state index contributed by atoms with van der Waals surface area (Å²) < 4.78 is 6.63. The number of hydrogen-bond acceptors (Lipinski definition) is 2. The van der Waals surface area contributed by atoms with Gasteiger partial charge in [0.1, 0.15) is 5.75 Å². The fourth-order valence-corrected chi connectivity index (χ4v) is 2.64. The van der Waals surface area contributed by atoms with Crippen molar-refractivity contribution < 1.29 is 9.84 Å². The van der Waals surface area contributed by atoms with E-state index in [9.17, 15) is 5.11 Å². The first-order valence-electron chi connectivity index (χ1n) is 5.71. The Kier molecular flexibility index (Phi) is 3.55. The van der Waals surface area contributed by atoms with Crippen LogP contribution in [0.2, 0.25) is 0 Å². The summed E-state index contributed by atoms with van der Waals surface area (Å²) in [6.07, 6.45) is 1.28. The molecule has 16 heavy (non-hydrogen) atoms. The van der Waals surface area contributed by atoms with Gasteiger partial charge in [-0.3, -0.25) is 0 Å². The van der Waals surface area contributed by atoms with E-state index in [4.69, 9.17) is 4.74 Å². The van der Waals surface area contributed by atoms with Crippen LogP contribution < -0.4 is 4.74 Å². The Morgan fingerprint density at radius 3 is 2.88 bits per heavy atom. The summed E-state index contributed by atoms with van der Waals surface area (Å²) in [4.78, 5) is 0. The van der Waals surface area contributed by atoms with Crippen LogP contribution in [0, 0.1) is 5.92 Å². The highest BCUT2D eigenvalue weighted by Crippen LogP contribution is 2.38. The van der Waals surface area contributed by atoms with Gasteiger partial charge in [0, 0.05) is 16.5 Å². The highest BCUT2D eigenvalue weighted by atomic mass is 79.9. The van der Waals surface area contributed by atoms with Gasteiger partial charge in [-0.2, -0.15) is 0 Å². The number of fused-ring (bicyclic) bond motifs is 1. The molecule has 0 saturated carbocycles. The predicted octanol–water partition coefficient (Wildman–Crippen LogP) is 3.46. The fraction of sp³-hybridized carbons (Fsp3) is 0.538. The normalized spacial score (nSPS) is 16.1. The molecule has 3 heteroatoms. The minimum absolute atomic E-state index is 0.427. The Balaban J connectivity index is 2.33. The van der Waals surface area contributed by atoms with Crippen molar-refractivity contribution in [1.82, 2.24) is 0 Å². The molecule has 0 aromatic heterocycles. The van der Waals surface area contributed by atoms with Crippen molar-refractivity contribution >= 4 is 15.9 Å². The number of benzene rings is 1. The zero-order valence-electron chi connectivity index (χ0n) is 9.66. The SMILES string of the molecule is CC(C)CC(O)c1cc(Br)cc2c1OCC2. The molecule has 1 unspecified atom stereocenters. The smallest absolute Gasteiger partial charge is 0.128 e. The number of hydrogen-bond donors (Lipinski definition) is 1. The molecule has 1 aliphatic heterocycles. The Bertz CT molecular complexity index is 388. The highest BCUT2D eigenvalue weighted by molar-refractivity contribution is 9.10. The molecule has 0 radical (unpaired) electrons. The first-order valence-corrected chi connectivity index (χ1v) is 6.50. The average Bonchev–Trinajstić information content (AvgIpc) is 2.62. The zero-order chi connectivity index (χ0) is 11.7. The topological polar surface area (TPSA) is 29.5 Å². The maximum Gasteiger partial charge on any atom is 0.128 e. The molecule has 1 heterocycles. The average molecular weight is 285 g/mol. The lowest BCUT2D eigenvalue weighted by Gasteiger charge is -2.16. The summed E-state index contributed by atoms with van der Waals surface area (Å²) in [5.74, 6) is 1.38. The van der Waals surface area contributed by atoms with E-state index in [1.165, 1.54) is 5.56 Å². The summed E-state index contributed by atoms with van der Waals surface area (Å²) in [6, 6.07) is 4.05. The highest BCUT2D eigenvalue weighted by Gasteiger charge is 2.22. The predicted molar refractivity (Wildman–Crippen MR) is 67.8 cm³/mol. The van der Waals surface area contributed by atoms with Crippen LogP contribution in [-0.4, -0.2) is 11.7 Å². The minimum atomic E-state index is -0.427. The van der Waals surface area contributed by atoms with Crippen molar-refractivity contribution in [1.29, 1.82) is 0 Å². The van der Waals surface area contributed by atoms with Crippen LogP contribution in [-0.2, 0) is 6.42 Å². The molecule has 0 fully saturated rings. The van der Waals surface area contributed by atoms with Crippen LogP contribution in [0.3, 0.4) is 0 Å². The van der Waals surface area contributed by atoms with Gasteiger partial charge in [-0.15, -0.1) is 0 Å². The molecule has 1 aromatic rings. The van der Waals surface area contributed by atoms with Crippen molar-refractivity contribution in [3.05, 3.63) is 27.7 Å². The van der Waals surface area contributed by atoms with E-state index >= 15 is 0 Å². The molecule has 2 nitrogen and oxygen atoms in total. The monoisotopic (exact) mass is 284 g/mol. The van der Waals surface area contributed by atoms with E-state index in [2.05, 4.69) is 35.8 Å². The lowest BCUT2D eigenvalue weighted by Crippen LogP contribution is -2.04. The molecule has 0 saturated heterocycles. The van der Waals surface area contributed by atoms with Gasteiger partial charge in [0.15, 0.2) is 0 Å². The van der Waals surface area contributed by atoms with Crippen LogP contribution >= 0.6 is 15.9 Å². The van der Waals surface area contributed by atoms with E-state index in [1.54, 1.807) is 0 Å². The molecule has 0 spiro atoms. The zero-order valence-corrected chi connectivity index (χ0v) is 11.3. The number of aliphatic hydroxyl groups excluding tert-OH is 1. The van der Waals surface area contributed by atoms with Crippen molar-refractivity contribution in [2.75, 3.05) is 6.61 Å². The Morgan fingerprint density at radius 1 is 1.44 bits per heavy atom. The number of aliphatic hydroxyl groups is 1. The maximum absolute atomic E-state index is 10.2. The second-order valence-corrected chi connectivity index (χ2v) is 5.64. The van der Waals surface area contributed by atoms with E-state index in [-0.39, 0.29) is 0 Å². The van der Waals surface area contributed by atoms with Crippen LogP contribution in [0.5, 0.6) is 5.75 Å². The second-order valence-electron chi connectivity index (χ2n) is 4.73. The lowest BCUT2D eigenvalue weighted by molar-refractivity contribution is 0.147. The van der Waals surface area contributed by atoms with E-state index in [0.717, 1.165) is 35.2 Å². The number of halogens is 1. The molecule has 1 atom stereocenters. The van der Waals surface area contributed by atoms with Crippen LogP contribution in [0.4, 0.5) is 0 Å². The van der Waals surface area contributed by atoms with Gasteiger partial charge in [-0.1, -0.05) is 29.8 Å². The largest absolute Gasteiger partial charge is 0.493 e. The Hall–Kier alpha value is -0.540. The summed E-state index contributed by atoms with van der Waals surface area (Å²) in [6.45, 7) is 4.96. The molecule has 2 rings (SSSR count). The van der Waals surface area contributed by atoms with Crippen molar-refractivity contribution in [2.24, 2.45) is 5.92 Å². The van der Waals surface area contributed by atoms with Crippen LogP contribution in [0.25, 0.3) is 0 Å². The van der Waals surface area contributed by atoms with Crippen molar-refractivity contribution in [3.8, 4) is 5.75 Å². The molecule has 0 amide bonds. The summed E-state index contributed by atoms with van der Waals surface area (Å²) in [5, 5.41) is 10.2. The third-order valence-electron chi connectivity index (χ3n) is 2.83. The van der Waals surface area contributed by atoms with Crippen LogP contribution in [0.1, 0.15) is 37.5 Å². The first-order chi connectivity index (χ1) is 7.58. The van der Waals surface area contributed by atoms with Gasteiger partial charge in [0.05, 0.1) is 12.7 Å². The third-order valence-corrected chi connectivity index (χ3v) is 3.29. The second kappa shape index (κ2) is 4.76. The molecule has 0 aliphatic carbocycles. The number of ether oxygens (including phenoxy) is 1. The van der Waals surface area contributed by atoms with Gasteiger partial charge in [-0.05, 0) is 30.0 Å². The van der Waals surface area contributed by atoms with E-state index in [1.807, 2.05) is 6.07 Å². The van der Waals surface area contributed by atoms with Gasteiger partial charge < -0.3 is 9.84 Å². The van der Waals surface area contributed by atoms with Gasteiger partial charge >= 0.3 is 0 Å². The molecule has 1 aromatic carbocycles. The Morgan fingerprint density at radius 2 is 2.19 bits per heavy atom. The molecular weight excluding hydrogens is 268 g/mol. The van der Waals surface area contributed by atoms with E-state index in [0.29, 0.717) is 5.92 Å². The standard InChI is InChI=1S/C13H17BrO2/c1-8(2)5-12(15)11-7-10(14)6-9-3-4-16-13(9)11/h6-8,12,15H,3-5H2,1-2H3. The molecule has 0 bridgehead atoms. The quantitative estimate of drug-likeness (QED) is 0.921. The van der Waals surface area contributed by atoms with Crippen LogP contribution in [0.15, 0.2) is 16.6 Å². The third kappa shape index (κ3) is 2.41. The molecule has 1 N–H and O–H groups in total. The van der Waals surface area contributed by atoms with Gasteiger partial charge in [0.2, 0.25) is 0 Å². The molecular formula is C13H17BrO2. The van der Waals surface area contributed by atoms with E-state index < -0.39 is 6.10 Å².